The normalized spacial score (nSPS) is 23.4. The van der Waals surface area contributed by atoms with E-state index in [1.54, 1.807) is 42.6 Å². The number of amides is 10. The second-order valence-electron chi connectivity index (χ2n) is 31.1. The Morgan fingerprint density at radius 2 is 1.32 bits per heavy atom. The molecule has 2 aromatic heterocycles. The number of primary amides is 2. The van der Waals surface area contributed by atoms with Gasteiger partial charge in [-0.25, -0.2) is 4.79 Å². The van der Waals surface area contributed by atoms with E-state index in [2.05, 4.69) is 57.8 Å². The average Bonchev–Trinajstić information content (AvgIpc) is 1.64. The molecule has 4 aromatic rings. The maximum absolute atomic E-state index is 15.6. The van der Waals surface area contributed by atoms with Crippen LogP contribution in [0.2, 0.25) is 0 Å². The van der Waals surface area contributed by atoms with Gasteiger partial charge in [-0.1, -0.05) is 70.5 Å². The number of nitrogens with zero attached hydrogens (tertiary/aromatic N) is 4. The van der Waals surface area contributed by atoms with Crippen molar-refractivity contribution < 1.29 is 96.8 Å². The first-order valence-electron chi connectivity index (χ1n) is 40.7. The van der Waals surface area contributed by atoms with Gasteiger partial charge in [0.25, 0.3) is 0 Å². The second-order valence-corrected chi connectivity index (χ2v) is 33.7. The number of aryl methyl sites for hydroxylation is 1. The van der Waals surface area contributed by atoms with Crippen molar-refractivity contribution in [3.05, 3.63) is 77.7 Å². The van der Waals surface area contributed by atoms with Crippen molar-refractivity contribution in [2.75, 3.05) is 37.7 Å². The third-order valence-electron chi connectivity index (χ3n) is 21.5. The van der Waals surface area contributed by atoms with Gasteiger partial charge in [0.15, 0.2) is 40.7 Å². The summed E-state index contributed by atoms with van der Waals surface area (Å²) in [5.74, 6) is -23.3. The van der Waals surface area contributed by atoms with Crippen LogP contribution in [0, 0.1) is 40.9 Å². The van der Waals surface area contributed by atoms with E-state index in [4.69, 9.17) is 22.6 Å². The maximum Gasteiger partial charge on any atom is 0.312 e. The predicted molar refractivity (Wildman–Crippen MR) is 441 cm³/mol. The number of ketones is 7. The molecule has 654 valence electrons. The minimum absolute atomic E-state index is 0.00275. The van der Waals surface area contributed by atoms with Gasteiger partial charge in [-0.05, 0) is 114 Å². The maximum atomic E-state index is 15.6. The largest absolute Gasteiger partial charge is 0.508 e. The zero-order chi connectivity index (χ0) is 87.7. The summed E-state index contributed by atoms with van der Waals surface area (Å²) in [6.45, 7) is 4.25. The van der Waals surface area contributed by atoms with Gasteiger partial charge in [-0.15, -0.1) is 5.10 Å². The number of unbranched alkanes of at least 4 members (excludes halogenated alkanes) is 1. The molecule has 0 spiro atoms. The Hall–Kier alpha value is -11.0. The molecule has 19 N–H and O–H groups in total. The third-order valence-corrected chi connectivity index (χ3v) is 23.9. The number of aliphatic hydroxyl groups is 1. The number of fused-ring (bicyclic) bond motifs is 12. The van der Waals surface area contributed by atoms with Gasteiger partial charge in [0.2, 0.25) is 47.3 Å². The Morgan fingerprint density at radius 1 is 0.675 bits per heavy atom. The van der Waals surface area contributed by atoms with Gasteiger partial charge >= 0.3 is 12.0 Å². The zero-order valence-electron chi connectivity index (χ0n) is 67.8. The molecule has 2 saturated heterocycles. The fourth-order valence-electron chi connectivity index (χ4n) is 14.9. The number of aromatic hydroxyl groups is 1. The van der Waals surface area contributed by atoms with Crippen LogP contribution in [0.3, 0.4) is 0 Å². The first-order chi connectivity index (χ1) is 57.2. The van der Waals surface area contributed by atoms with Gasteiger partial charge in [0.05, 0.1) is 60.3 Å². The monoisotopic (exact) mass is 1710 g/mol. The number of hydrogen-bond donors (Lipinski definition) is 16. The number of carboxylic acids is 1. The molecule has 0 radical (unpaired) electrons. The highest BCUT2D eigenvalue weighted by Crippen LogP contribution is 2.32. The number of hydrogen-bond acceptors (Lipinski definition) is 24. The molecule has 37 nitrogen and oxygen atoms in total. The van der Waals surface area contributed by atoms with E-state index in [9.17, 15) is 58.5 Å². The van der Waals surface area contributed by atoms with Gasteiger partial charge in [0.1, 0.15) is 17.6 Å². The highest BCUT2D eigenvalue weighted by Gasteiger charge is 2.43. The van der Waals surface area contributed by atoms with Crippen LogP contribution in [0.4, 0.5) is 4.79 Å². The predicted octanol–water partition coefficient (Wildman–Crippen LogP) is 1.67. The Bertz CT molecular complexity index is 4330. The summed E-state index contributed by atoms with van der Waals surface area (Å²) in [7, 11) is 1.82. The molecule has 7 rings (SSSR count). The van der Waals surface area contributed by atoms with E-state index in [1.165, 1.54) is 29.9 Å². The number of aliphatic hydroxyl groups excluding tert-OH is 1. The summed E-state index contributed by atoms with van der Waals surface area (Å²) in [5, 5.41) is 70.4. The fourth-order valence-corrected chi connectivity index (χ4v) is 17.3. The molecule has 0 aliphatic carbocycles. The lowest BCUT2D eigenvalue weighted by Gasteiger charge is -2.30. The Balaban J connectivity index is 1.42. The summed E-state index contributed by atoms with van der Waals surface area (Å²) in [6, 6.07) is 2.80. The molecule has 39 heteroatoms. The number of carbonyl (C=O) groups excluding carboxylic acids is 16. The van der Waals surface area contributed by atoms with Gasteiger partial charge in [-0.3, -0.25) is 82.0 Å². The van der Waals surface area contributed by atoms with E-state index in [-0.39, 0.29) is 139 Å². The molecule has 0 saturated carbocycles. The van der Waals surface area contributed by atoms with Crippen molar-refractivity contribution in [3.8, 4) is 5.75 Å². The van der Waals surface area contributed by atoms with Crippen molar-refractivity contribution in [1.29, 1.82) is 5.41 Å². The molecule has 4 bridgehead atoms. The van der Waals surface area contributed by atoms with E-state index < -0.39 is 242 Å². The van der Waals surface area contributed by atoms with Crippen LogP contribution in [0.5, 0.6) is 5.75 Å². The average molecular weight is 1710 g/mol. The highest BCUT2D eigenvalue weighted by atomic mass is 33.1. The number of aromatic amines is 1. The number of H-pyrrole nitrogens is 1. The molecule has 5 heterocycles. The fraction of sp³-hybridized carbons (Fsp3) is 0.580. The lowest BCUT2D eigenvalue weighted by Crippen LogP contribution is -2.52. The summed E-state index contributed by atoms with van der Waals surface area (Å²) < 4.78 is 1.32. The molecule has 2 fully saturated rings. The number of carboxylic acid groups (broad SMARTS) is 1. The standard InChI is InChI=1S/C81H113N17O20S2/c1-4-5-26-86-74(112)51(31-47-19-22-56(101)23-20-47)37-64(102)59-16-10-29-97-42-55(95-96-97)32-52-38-67(105)61(90-71(109)25-18-45(2)99)43-119-120-44-62(93-76(114)49(12-8-27-87-80(83)84)36-68(106)63-17-11-30-98(63)79(117)53(40-72(110)111)39-69(107)73(46(3)100)94-78(52)116)66(104)34-48(13-9-28-88-81(85)118)75(113)92-60(33-54-41-89-58-15-7-6-14-57(54)58)65(103)35-50(77(115)91-59)21-24-70(82)108/h6-7,14-15,19-20,22-23,41-42,46,48-53,59-63,73,89,100-101H,4-5,8-13,16-18,21,24-40,43-44H2,1-3H3,(H2,82,108)(H,86,112)(H,90,109)(H,91,115)(H,92,113)(H,93,114)(H,94,116)(H,110,111)(H4,83,84,87)(H3,85,88,118)/t46-,48-,49-,50-,51-,52-,53+,59+,60+,61+,62+,63+,73+/m1/s1. The Labute approximate surface area is 702 Å². The van der Waals surface area contributed by atoms with Crippen LogP contribution >= 0.6 is 21.6 Å². The third kappa shape index (κ3) is 31.3. The number of aromatic nitrogens is 4. The van der Waals surface area contributed by atoms with Crippen molar-refractivity contribution >= 4 is 138 Å². The molecular formula is C81H113N17O20S2. The van der Waals surface area contributed by atoms with E-state index >= 15 is 38.4 Å². The van der Waals surface area contributed by atoms with Crippen LogP contribution in [0.15, 0.2) is 60.9 Å². The molecule has 3 aliphatic heterocycles. The van der Waals surface area contributed by atoms with Crippen molar-refractivity contribution in [2.24, 2.45) is 52.7 Å². The quantitative estimate of drug-likeness (QED) is 0.0159. The Morgan fingerprint density at radius 3 is 1.99 bits per heavy atom. The number of urea groups is 1. The SMILES string of the molecule is CCCCNC(=O)[C@@H](CC(=O)[C@@H]1CCCn2cc(nn2)C[C@@H]2CC(=O)[C@@H](NC(=O)CCC(C)=O)CSSC[C@H](NC(=O)[C@H](CCCNC(=N)N)CC(=O)[C@@H]3CCCN3C(=O)[C@H](CC(=O)O)CC(=O)[C@H]([C@@H](C)O)NC2=O)C(=O)C[C@@H](CCCNC(N)=O)C(=O)N[C@@H](Cc2c[nH]c3ccccc23)C(=O)C[C@@H](CCC(N)=O)C(=O)N1)Cc1ccc(O)cc1. The van der Waals surface area contributed by atoms with Gasteiger partial charge in [0, 0.05) is 162 Å². The minimum Gasteiger partial charge on any atom is -0.508 e. The molecule has 3 aliphatic rings. The lowest BCUT2D eigenvalue weighted by atomic mass is 9.88. The van der Waals surface area contributed by atoms with Crippen molar-refractivity contribution in [3.63, 3.8) is 0 Å². The molecule has 13 atom stereocenters. The molecule has 2 aromatic carbocycles. The lowest BCUT2D eigenvalue weighted by molar-refractivity contribution is -0.148. The number of nitrogens with one attached hydrogen (secondary N) is 10. The van der Waals surface area contributed by atoms with Crippen LogP contribution in [0.25, 0.3) is 10.9 Å². The molecule has 0 unspecified atom stereocenters. The summed E-state index contributed by atoms with van der Waals surface area (Å²) >= 11 is 0. The smallest absolute Gasteiger partial charge is 0.312 e. The molecular weight excluding hydrogens is 1600 g/mol. The molecule has 120 heavy (non-hydrogen) atoms. The molecule has 10 amide bonds. The van der Waals surface area contributed by atoms with Crippen LogP contribution in [-0.2, 0) is 103 Å². The van der Waals surface area contributed by atoms with Crippen molar-refractivity contribution in [2.45, 2.75) is 224 Å². The number of nitrogens with two attached hydrogens (primary N) is 3. The first-order valence-corrected chi connectivity index (χ1v) is 43.2. The van der Waals surface area contributed by atoms with Crippen LogP contribution in [-0.4, -0.2) is 226 Å². The summed E-state index contributed by atoms with van der Waals surface area (Å²) in [4.78, 5) is 249. The topological polar surface area (TPSA) is 599 Å². The van der Waals surface area contributed by atoms with E-state index in [0.717, 1.165) is 39.8 Å². The number of guanidine groups is 1. The van der Waals surface area contributed by atoms with Crippen LogP contribution in [0.1, 0.15) is 172 Å². The number of phenolic OH excluding ortho intramolecular Hbond substituents is 1. The van der Waals surface area contributed by atoms with Gasteiger partial charge < -0.3 is 89.7 Å². The summed E-state index contributed by atoms with van der Waals surface area (Å²) in [6.07, 6.45) is -5.07. The zero-order valence-corrected chi connectivity index (χ0v) is 69.5. The second kappa shape index (κ2) is 48.3. The first kappa shape index (κ1) is 96.2. The minimum atomic E-state index is -1.89. The highest BCUT2D eigenvalue weighted by molar-refractivity contribution is 8.76. The van der Waals surface area contributed by atoms with Crippen molar-refractivity contribution in [1.82, 2.24) is 67.4 Å². The van der Waals surface area contributed by atoms with Gasteiger partial charge in [-0.2, -0.15) is 0 Å². The number of para-hydroxylation sites is 1. The van der Waals surface area contributed by atoms with Crippen LogP contribution < -0.4 is 59.7 Å². The number of phenols is 1. The number of carbonyl (C=O) groups is 17. The number of aliphatic carboxylic acids is 1. The summed E-state index contributed by atoms with van der Waals surface area (Å²) in [5.41, 5.74) is 18.6. The van der Waals surface area contributed by atoms with E-state index in [0.29, 0.717) is 28.5 Å². The van der Waals surface area contributed by atoms with E-state index in [1.807, 2.05) is 6.92 Å². The Kier molecular flexibility index (Phi) is 38.7. The number of benzene rings is 2. The number of Topliss-reactive ketones (excluding diaryl/α,β-unsaturated/α-hetero) is 7. The number of rotatable bonds is 29.